The van der Waals surface area contributed by atoms with E-state index in [0.29, 0.717) is 28.1 Å². The van der Waals surface area contributed by atoms with Crippen LogP contribution >= 0.6 is 0 Å². The Balaban J connectivity index is 1.42. The maximum absolute atomic E-state index is 13.0. The molecule has 9 nitrogen and oxygen atoms in total. The number of aryl methyl sites for hydroxylation is 1. The molecule has 1 fully saturated rings. The van der Waals surface area contributed by atoms with Gasteiger partial charge in [-0.3, -0.25) is 19.9 Å². The lowest BCUT2D eigenvalue weighted by Crippen LogP contribution is -2.54. The standard InChI is InChI=1S/C27H22N4O5/c1-16-4-3-5-20(23(16)32)22-9-6-17(13-28-22)10-11-27(25(34)29-26(35)30-27)15-31-14-18-7-8-19(36-2)12-21(18)24(31)33/h3-9,12-13,32H,14-15H2,1-2H3,(H2,29,30,34,35)/t27-/m1/s1. The van der Waals surface area contributed by atoms with Crippen LogP contribution in [-0.2, 0) is 11.3 Å². The number of nitrogens with one attached hydrogen (secondary N) is 2. The molecule has 5 rings (SSSR count). The summed E-state index contributed by atoms with van der Waals surface area (Å²) in [5.41, 5.74) is 2.07. The van der Waals surface area contributed by atoms with Gasteiger partial charge in [0.1, 0.15) is 11.5 Å². The fourth-order valence-electron chi connectivity index (χ4n) is 4.28. The van der Waals surface area contributed by atoms with Crippen molar-refractivity contribution in [2.45, 2.75) is 19.0 Å². The molecule has 0 spiro atoms. The van der Waals surface area contributed by atoms with Gasteiger partial charge in [0.2, 0.25) is 5.54 Å². The van der Waals surface area contributed by atoms with Crippen LogP contribution in [0, 0.1) is 18.8 Å². The minimum Gasteiger partial charge on any atom is -0.507 e. The van der Waals surface area contributed by atoms with E-state index in [2.05, 4.69) is 27.5 Å². The summed E-state index contributed by atoms with van der Waals surface area (Å²) in [6.45, 7) is 1.95. The Kier molecular flexibility index (Phi) is 5.57. The van der Waals surface area contributed by atoms with Crippen LogP contribution in [0.15, 0.2) is 54.7 Å². The Hall–Kier alpha value is -4.84. The molecule has 1 atom stereocenters. The molecule has 0 saturated carbocycles. The molecule has 1 aromatic heterocycles. The molecule has 9 heteroatoms. The molecular formula is C27H22N4O5. The third kappa shape index (κ3) is 3.99. The van der Waals surface area contributed by atoms with Gasteiger partial charge in [-0.25, -0.2) is 4.79 Å². The van der Waals surface area contributed by atoms with Crippen molar-refractivity contribution in [2.24, 2.45) is 0 Å². The Morgan fingerprint density at radius 1 is 1.14 bits per heavy atom. The Morgan fingerprint density at radius 2 is 1.97 bits per heavy atom. The van der Waals surface area contributed by atoms with E-state index in [1.165, 1.54) is 18.2 Å². The number of carbonyl (C=O) groups is 3. The van der Waals surface area contributed by atoms with Crippen LogP contribution in [0.4, 0.5) is 4.79 Å². The molecule has 0 aliphatic carbocycles. The molecule has 2 aromatic carbocycles. The summed E-state index contributed by atoms with van der Waals surface area (Å²) >= 11 is 0. The quantitative estimate of drug-likeness (QED) is 0.388. The molecular weight excluding hydrogens is 460 g/mol. The van der Waals surface area contributed by atoms with Gasteiger partial charge >= 0.3 is 6.03 Å². The number of carbonyl (C=O) groups excluding carboxylic acids is 3. The molecule has 4 amide bonds. The van der Waals surface area contributed by atoms with Crippen molar-refractivity contribution >= 4 is 17.8 Å². The molecule has 0 radical (unpaired) electrons. The summed E-state index contributed by atoms with van der Waals surface area (Å²) < 4.78 is 5.21. The average Bonchev–Trinajstić information content (AvgIpc) is 3.34. The number of fused-ring (bicyclic) bond motifs is 1. The molecule has 2 aliphatic rings. The van der Waals surface area contributed by atoms with Crippen LogP contribution in [0.25, 0.3) is 11.3 Å². The lowest BCUT2D eigenvalue weighted by molar-refractivity contribution is -0.122. The van der Waals surface area contributed by atoms with E-state index < -0.39 is 17.5 Å². The van der Waals surface area contributed by atoms with Gasteiger partial charge in [0, 0.05) is 29.4 Å². The second-order valence-electron chi connectivity index (χ2n) is 8.65. The predicted molar refractivity (Wildman–Crippen MR) is 130 cm³/mol. The Morgan fingerprint density at radius 3 is 2.67 bits per heavy atom. The van der Waals surface area contributed by atoms with E-state index >= 15 is 0 Å². The van der Waals surface area contributed by atoms with Crippen LogP contribution in [0.3, 0.4) is 0 Å². The number of benzene rings is 2. The third-order valence-corrected chi connectivity index (χ3v) is 6.26. The van der Waals surface area contributed by atoms with Crippen LogP contribution in [-0.4, -0.2) is 52.0 Å². The van der Waals surface area contributed by atoms with Crippen molar-refractivity contribution in [3.8, 4) is 34.6 Å². The number of rotatable bonds is 4. The number of aromatic hydroxyl groups is 1. The second-order valence-corrected chi connectivity index (χ2v) is 8.65. The first-order chi connectivity index (χ1) is 17.3. The molecule has 3 aromatic rings. The summed E-state index contributed by atoms with van der Waals surface area (Å²) in [7, 11) is 1.52. The zero-order valence-corrected chi connectivity index (χ0v) is 19.6. The normalized spacial score (nSPS) is 18.3. The van der Waals surface area contributed by atoms with Crippen molar-refractivity contribution in [3.05, 3.63) is 77.0 Å². The first-order valence-corrected chi connectivity index (χ1v) is 11.2. The van der Waals surface area contributed by atoms with Crippen molar-refractivity contribution in [1.82, 2.24) is 20.5 Å². The highest BCUT2D eigenvalue weighted by Gasteiger charge is 2.48. The number of nitrogens with zero attached hydrogens (tertiary/aromatic N) is 2. The van der Waals surface area contributed by atoms with Gasteiger partial charge in [-0.1, -0.05) is 30.0 Å². The van der Waals surface area contributed by atoms with Crippen LogP contribution in [0.2, 0.25) is 0 Å². The molecule has 0 bridgehead atoms. The lowest BCUT2D eigenvalue weighted by atomic mass is 9.99. The van der Waals surface area contributed by atoms with E-state index in [4.69, 9.17) is 4.74 Å². The molecule has 0 unspecified atom stereocenters. The van der Waals surface area contributed by atoms with E-state index in [9.17, 15) is 19.5 Å². The fraction of sp³-hybridized carbons (Fsp3) is 0.185. The van der Waals surface area contributed by atoms with Crippen molar-refractivity contribution < 1.29 is 24.2 Å². The summed E-state index contributed by atoms with van der Waals surface area (Å²) in [5.74, 6) is 5.58. The molecule has 1 saturated heterocycles. The number of phenols is 1. The number of ether oxygens (including phenoxy) is 1. The lowest BCUT2D eigenvalue weighted by Gasteiger charge is -2.26. The van der Waals surface area contributed by atoms with Crippen molar-refractivity contribution in [3.63, 3.8) is 0 Å². The van der Waals surface area contributed by atoms with Gasteiger partial charge in [0.25, 0.3) is 11.8 Å². The number of amides is 4. The van der Waals surface area contributed by atoms with Crippen molar-refractivity contribution in [2.75, 3.05) is 13.7 Å². The van der Waals surface area contributed by atoms with E-state index in [0.717, 1.165) is 11.1 Å². The van der Waals surface area contributed by atoms with Gasteiger partial charge < -0.3 is 20.1 Å². The number of para-hydroxylation sites is 1. The number of methoxy groups -OCH3 is 1. The van der Waals surface area contributed by atoms with Gasteiger partial charge in [-0.2, -0.15) is 0 Å². The van der Waals surface area contributed by atoms with Gasteiger partial charge in [-0.05, 0) is 48.4 Å². The largest absolute Gasteiger partial charge is 0.507 e. The molecule has 3 heterocycles. The summed E-state index contributed by atoms with van der Waals surface area (Å²) in [5, 5.41) is 15.1. The van der Waals surface area contributed by atoms with Crippen LogP contribution in [0.5, 0.6) is 11.5 Å². The van der Waals surface area contributed by atoms with E-state index in [1.807, 2.05) is 6.07 Å². The first-order valence-electron chi connectivity index (χ1n) is 11.2. The highest BCUT2D eigenvalue weighted by Crippen LogP contribution is 2.31. The van der Waals surface area contributed by atoms with Gasteiger partial charge in [-0.15, -0.1) is 0 Å². The monoisotopic (exact) mass is 482 g/mol. The average molecular weight is 482 g/mol. The molecule has 180 valence electrons. The highest BCUT2D eigenvalue weighted by molar-refractivity contribution is 6.10. The minimum atomic E-state index is -1.62. The number of hydrogen-bond acceptors (Lipinski definition) is 6. The maximum Gasteiger partial charge on any atom is 0.323 e. The number of aromatic nitrogens is 1. The van der Waals surface area contributed by atoms with E-state index in [1.54, 1.807) is 49.4 Å². The Labute approximate surface area is 207 Å². The topological polar surface area (TPSA) is 121 Å². The second kappa shape index (κ2) is 8.74. The maximum atomic E-state index is 13.0. The number of urea groups is 1. The number of phenolic OH excluding ortho intramolecular Hbond substituents is 1. The number of hydrogen-bond donors (Lipinski definition) is 3. The molecule has 36 heavy (non-hydrogen) atoms. The van der Waals surface area contributed by atoms with Gasteiger partial charge in [0.05, 0.1) is 19.3 Å². The smallest absolute Gasteiger partial charge is 0.323 e. The zero-order chi connectivity index (χ0) is 25.4. The molecule has 2 aliphatic heterocycles. The predicted octanol–water partition coefficient (Wildman–Crippen LogP) is 2.36. The van der Waals surface area contributed by atoms with E-state index in [-0.39, 0.29) is 24.7 Å². The number of pyridine rings is 1. The highest BCUT2D eigenvalue weighted by atomic mass is 16.5. The van der Waals surface area contributed by atoms with Crippen molar-refractivity contribution in [1.29, 1.82) is 0 Å². The SMILES string of the molecule is COc1ccc2c(c1)C(=O)N(C[C@@]1(C#Cc3ccc(-c4cccc(C)c4O)nc3)NC(=O)NC1=O)C2. The summed E-state index contributed by atoms with van der Waals surface area (Å²) in [4.78, 5) is 43.7. The Bertz CT molecular complexity index is 1470. The first kappa shape index (κ1) is 22.9. The minimum absolute atomic E-state index is 0.129. The summed E-state index contributed by atoms with van der Waals surface area (Å²) in [6, 6.07) is 13.4. The fourth-order valence-corrected chi connectivity index (χ4v) is 4.28. The number of imide groups is 1. The van der Waals surface area contributed by atoms with Crippen LogP contribution in [0.1, 0.15) is 27.0 Å². The van der Waals surface area contributed by atoms with Gasteiger partial charge in [0.15, 0.2) is 0 Å². The third-order valence-electron chi connectivity index (χ3n) is 6.26. The summed E-state index contributed by atoms with van der Waals surface area (Å²) in [6.07, 6.45) is 1.52. The molecule has 3 N–H and O–H groups in total. The van der Waals surface area contributed by atoms with Crippen LogP contribution < -0.4 is 15.4 Å². The zero-order valence-electron chi connectivity index (χ0n) is 19.6.